The van der Waals surface area contributed by atoms with Gasteiger partial charge in [-0.3, -0.25) is 4.79 Å². The van der Waals surface area contributed by atoms with Crippen LogP contribution in [0.4, 0.5) is 0 Å². The third-order valence-corrected chi connectivity index (χ3v) is 6.34. The van der Waals surface area contributed by atoms with E-state index in [9.17, 15) is 4.79 Å². The number of ether oxygens (including phenoxy) is 2. The minimum atomic E-state index is -0.295. The van der Waals surface area contributed by atoms with Gasteiger partial charge in [0, 0.05) is 23.2 Å². The highest BCUT2D eigenvalue weighted by molar-refractivity contribution is 5.94. The van der Waals surface area contributed by atoms with E-state index in [0.717, 1.165) is 47.3 Å². The third-order valence-electron chi connectivity index (χ3n) is 6.34. The van der Waals surface area contributed by atoms with E-state index in [1.807, 2.05) is 35.0 Å². The third kappa shape index (κ3) is 3.97. The van der Waals surface area contributed by atoms with Crippen molar-refractivity contribution in [1.82, 2.24) is 15.1 Å². The number of aromatic nitrogens is 2. The average molecular weight is 434 g/mol. The molecule has 0 atom stereocenters. The van der Waals surface area contributed by atoms with Crippen LogP contribution in [0.3, 0.4) is 0 Å². The van der Waals surface area contributed by atoms with Gasteiger partial charge in [0.2, 0.25) is 0 Å². The Labute approximate surface area is 189 Å². The highest BCUT2D eigenvalue weighted by Crippen LogP contribution is 2.33. The van der Waals surface area contributed by atoms with Crippen LogP contribution in [0, 0.1) is 6.92 Å². The fourth-order valence-electron chi connectivity index (χ4n) is 4.36. The molecule has 0 fully saturated rings. The Kier molecular flexibility index (Phi) is 5.96. The van der Waals surface area contributed by atoms with E-state index in [-0.39, 0.29) is 11.3 Å². The number of hydrogen-bond donors (Lipinski definition) is 1. The van der Waals surface area contributed by atoms with Crippen LogP contribution in [0.1, 0.15) is 53.1 Å². The Morgan fingerprint density at radius 2 is 1.84 bits per heavy atom. The molecular formula is C26H31N3O3. The van der Waals surface area contributed by atoms with Crippen LogP contribution in [0.2, 0.25) is 0 Å². The van der Waals surface area contributed by atoms with Gasteiger partial charge in [-0.2, -0.15) is 5.10 Å². The summed E-state index contributed by atoms with van der Waals surface area (Å²) < 4.78 is 12.8. The van der Waals surface area contributed by atoms with Gasteiger partial charge in [0.15, 0.2) is 17.2 Å². The molecule has 0 aliphatic heterocycles. The molecule has 0 radical (unpaired) electrons. The van der Waals surface area contributed by atoms with Gasteiger partial charge in [-0.1, -0.05) is 38.1 Å². The first kappa shape index (κ1) is 21.9. The smallest absolute Gasteiger partial charge is 0.272 e. The first-order valence-electron chi connectivity index (χ1n) is 11.0. The van der Waals surface area contributed by atoms with Crippen molar-refractivity contribution in [2.75, 3.05) is 20.8 Å². The molecule has 0 saturated carbocycles. The van der Waals surface area contributed by atoms with E-state index in [0.29, 0.717) is 23.7 Å². The van der Waals surface area contributed by atoms with Gasteiger partial charge < -0.3 is 14.8 Å². The molecule has 2 aromatic carbocycles. The van der Waals surface area contributed by atoms with Gasteiger partial charge >= 0.3 is 0 Å². The van der Waals surface area contributed by atoms with Crippen LogP contribution in [-0.2, 0) is 18.3 Å². The van der Waals surface area contributed by atoms with E-state index in [2.05, 4.69) is 38.2 Å². The summed E-state index contributed by atoms with van der Waals surface area (Å²) in [6.45, 7) is 6.76. The Hall–Kier alpha value is -3.28. The van der Waals surface area contributed by atoms with Gasteiger partial charge in [0.1, 0.15) is 0 Å². The normalized spacial score (nSPS) is 13.0. The van der Waals surface area contributed by atoms with Crippen LogP contribution < -0.4 is 14.8 Å². The van der Waals surface area contributed by atoms with Crippen molar-refractivity contribution in [2.24, 2.45) is 0 Å². The van der Waals surface area contributed by atoms with Crippen molar-refractivity contribution in [3.63, 3.8) is 0 Å². The molecule has 1 aliphatic rings. The Morgan fingerprint density at radius 1 is 1.09 bits per heavy atom. The number of nitrogens with one attached hydrogen (secondary N) is 1. The Bertz CT molecular complexity index is 1150. The number of carbonyl (C=O) groups excluding carboxylic acids is 1. The van der Waals surface area contributed by atoms with Crippen molar-refractivity contribution in [3.05, 3.63) is 70.5 Å². The first-order chi connectivity index (χ1) is 15.4. The molecule has 0 saturated heterocycles. The maximum absolute atomic E-state index is 13.2. The molecule has 1 N–H and O–H groups in total. The first-order valence-corrected chi connectivity index (χ1v) is 11.0. The Morgan fingerprint density at radius 3 is 2.56 bits per heavy atom. The minimum absolute atomic E-state index is 0.121. The predicted molar refractivity (Wildman–Crippen MR) is 125 cm³/mol. The summed E-state index contributed by atoms with van der Waals surface area (Å²) in [5, 5.41) is 7.88. The molecule has 1 aromatic heterocycles. The van der Waals surface area contributed by atoms with E-state index >= 15 is 0 Å². The monoisotopic (exact) mass is 433 g/mol. The van der Waals surface area contributed by atoms with E-state index in [4.69, 9.17) is 14.6 Å². The van der Waals surface area contributed by atoms with Crippen LogP contribution in [0.5, 0.6) is 11.5 Å². The van der Waals surface area contributed by atoms with E-state index < -0.39 is 0 Å². The van der Waals surface area contributed by atoms with Crippen LogP contribution in [-0.4, -0.2) is 36.5 Å². The van der Waals surface area contributed by atoms with Crippen LogP contribution in [0.15, 0.2) is 42.5 Å². The maximum atomic E-state index is 13.2. The second-order valence-corrected chi connectivity index (χ2v) is 8.96. The van der Waals surface area contributed by atoms with Crippen molar-refractivity contribution < 1.29 is 14.3 Å². The number of aryl methyl sites for hydroxylation is 1. The van der Waals surface area contributed by atoms with Gasteiger partial charge in [-0.25, -0.2) is 4.68 Å². The summed E-state index contributed by atoms with van der Waals surface area (Å²) >= 11 is 0. The number of fused-ring (bicyclic) bond motifs is 1. The maximum Gasteiger partial charge on any atom is 0.272 e. The second kappa shape index (κ2) is 8.69. The zero-order valence-electron chi connectivity index (χ0n) is 19.5. The van der Waals surface area contributed by atoms with Gasteiger partial charge in [-0.05, 0) is 55.5 Å². The summed E-state index contributed by atoms with van der Waals surface area (Å²) in [5.41, 5.74) is 5.73. The molecule has 0 unspecified atom stereocenters. The lowest BCUT2D eigenvalue weighted by atomic mass is 9.84. The van der Waals surface area contributed by atoms with Crippen molar-refractivity contribution >= 4 is 5.91 Å². The zero-order chi connectivity index (χ0) is 22.9. The topological polar surface area (TPSA) is 65.4 Å². The number of methoxy groups -OCH3 is 2. The molecule has 4 rings (SSSR count). The molecule has 1 aliphatic carbocycles. The van der Waals surface area contributed by atoms with Crippen molar-refractivity contribution in [3.8, 4) is 17.2 Å². The van der Waals surface area contributed by atoms with Crippen LogP contribution in [0.25, 0.3) is 5.69 Å². The lowest BCUT2D eigenvalue weighted by molar-refractivity contribution is 0.0939. The molecule has 3 aromatic rings. The lowest BCUT2D eigenvalue weighted by Gasteiger charge is -2.26. The quantitative estimate of drug-likeness (QED) is 0.600. The highest BCUT2D eigenvalue weighted by Gasteiger charge is 2.29. The molecule has 0 bridgehead atoms. The number of nitrogens with zero attached hydrogens (tertiary/aromatic N) is 2. The molecule has 6 heteroatoms. The molecule has 1 amide bonds. The minimum Gasteiger partial charge on any atom is -0.493 e. The summed E-state index contributed by atoms with van der Waals surface area (Å²) in [4.78, 5) is 13.2. The van der Waals surface area contributed by atoms with Gasteiger partial charge in [0.25, 0.3) is 5.91 Å². The van der Waals surface area contributed by atoms with E-state index in [1.165, 1.54) is 0 Å². The fraction of sp³-hybridized carbons (Fsp3) is 0.385. The zero-order valence-corrected chi connectivity index (χ0v) is 19.5. The largest absolute Gasteiger partial charge is 0.493 e. The van der Waals surface area contributed by atoms with E-state index in [1.54, 1.807) is 14.2 Å². The molecule has 32 heavy (non-hydrogen) atoms. The number of amides is 1. The molecule has 6 nitrogen and oxygen atoms in total. The molecule has 0 spiro atoms. The SMILES string of the molecule is COc1ccc(C(C)(C)CNC(=O)c2nn(-c3ccccc3C)c3c2CCC3)cc1OC. The van der Waals surface area contributed by atoms with Crippen molar-refractivity contribution in [1.29, 1.82) is 0 Å². The highest BCUT2D eigenvalue weighted by atomic mass is 16.5. The van der Waals surface area contributed by atoms with Gasteiger partial charge in [0.05, 0.1) is 19.9 Å². The molecule has 1 heterocycles. The average Bonchev–Trinajstić information content (AvgIpc) is 3.40. The number of hydrogen-bond acceptors (Lipinski definition) is 4. The number of benzene rings is 2. The number of carbonyl (C=O) groups is 1. The summed E-state index contributed by atoms with van der Waals surface area (Å²) in [7, 11) is 3.25. The molecular weight excluding hydrogens is 402 g/mol. The standard InChI is InChI=1S/C26H31N3O3/c1-17-9-6-7-11-20(17)29-21-12-8-10-19(21)24(28-29)25(30)27-16-26(2,3)18-13-14-22(31-4)23(15-18)32-5/h6-7,9,11,13-15H,8,10,12,16H2,1-5H3,(H,27,30). The van der Waals surface area contributed by atoms with Crippen molar-refractivity contribution in [2.45, 2.75) is 45.4 Å². The van der Waals surface area contributed by atoms with Gasteiger partial charge in [-0.15, -0.1) is 0 Å². The predicted octanol–water partition coefficient (Wildman–Crippen LogP) is 4.39. The molecule has 168 valence electrons. The summed E-state index contributed by atoms with van der Waals surface area (Å²) in [5.74, 6) is 1.25. The summed E-state index contributed by atoms with van der Waals surface area (Å²) in [6, 6.07) is 14.0. The lowest BCUT2D eigenvalue weighted by Crippen LogP contribution is -2.37. The fourth-order valence-corrected chi connectivity index (χ4v) is 4.36. The van der Waals surface area contributed by atoms with Crippen LogP contribution >= 0.6 is 0 Å². The Balaban J connectivity index is 1.56. The number of rotatable bonds is 7. The second-order valence-electron chi connectivity index (χ2n) is 8.96. The number of para-hydroxylation sites is 1. The summed E-state index contributed by atoms with van der Waals surface area (Å²) in [6.07, 6.45) is 2.89.